The van der Waals surface area contributed by atoms with Crippen LogP contribution in [-0.4, -0.2) is 36.6 Å². The van der Waals surface area contributed by atoms with Gasteiger partial charge < -0.3 is 10.1 Å². The molecule has 0 amide bonds. The van der Waals surface area contributed by atoms with Crippen LogP contribution in [0.2, 0.25) is 0 Å². The number of nitrogens with zero attached hydrogens (tertiary/aromatic N) is 2. The Bertz CT molecular complexity index is 968. The molecule has 0 unspecified atom stereocenters. The molecule has 1 aromatic heterocycles. The number of piperidine rings is 1. The van der Waals surface area contributed by atoms with E-state index in [4.69, 9.17) is 9.72 Å². The minimum absolute atomic E-state index is 0.0968. The molecule has 0 bridgehead atoms. The molecule has 0 atom stereocenters. The van der Waals surface area contributed by atoms with E-state index in [1.807, 2.05) is 12.1 Å². The Hall–Kier alpha value is -2.44. The number of methoxy groups -OCH3 is 1. The first-order valence-corrected chi connectivity index (χ1v) is 11.3. The van der Waals surface area contributed by atoms with Crippen molar-refractivity contribution in [2.24, 2.45) is 0 Å². The van der Waals surface area contributed by atoms with E-state index in [1.165, 1.54) is 11.6 Å². The van der Waals surface area contributed by atoms with Crippen LogP contribution in [0.1, 0.15) is 36.6 Å². The molecule has 6 heteroatoms. The normalized spacial score (nSPS) is 16.4. The third-order valence-electron chi connectivity index (χ3n) is 6.01. The van der Waals surface area contributed by atoms with Crippen LogP contribution in [-0.2, 0) is 12.0 Å². The second kappa shape index (κ2) is 9.14. The maximum atomic E-state index is 14.4. The molecular weight excluding hydrogens is 397 g/mol. The third-order valence-corrected chi connectivity index (χ3v) is 6.81. The Labute approximate surface area is 181 Å². The van der Waals surface area contributed by atoms with E-state index < -0.39 is 0 Å². The fraction of sp³-hybridized carbons (Fsp3) is 0.375. The summed E-state index contributed by atoms with van der Waals surface area (Å²) >= 11 is 1.67. The zero-order chi connectivity index (χ0) is 21.0. The fourth-order valence-electron chi connectivity index (χ4n) is 4.29. The summed E-state index contributed by atoms with van der Waals surface area (Å²) in [5.74, 6) is 0.349. The van der Waals surface area contributed by atoms with Gasteiger partial charge in [0, 0.05) is 35.5 Å². The second-order valence-corrected chi connectivity index (χ2v) is 8.61. The summed E-state index contributed by atoms with van der Waals surface area (Å²) < 4.78 is 19.5. The number of anilines is 1. The van der Waals surface area contributed by atoms with E-state index in [2.05, 4.69) is 52.9 Å². The lowest BCUT2D eigenvalue weighted by Gasteiger charge is -2.41. The van der Waals surface area contributed by atoms with Crippen molar-refractivity contribution in [3.05, 3.63) is 76.5 Å². The molecule has 1 saturated heterocycles. The van der Waals surface area contributed by atoms with Crippen molar-refractivity contribution in [3.63, 3.8) is 0 Å². The number of nitrogens with one attached hydrogen (secondary N) is 1. The van der Waals surface area contributed by atoms with E-state index in [-0.39, 0.29) is 11.2 Å². The van der Waals surface area contributed by atoms with Crippen LogP contribution in [0.15, 0.2) is 53.9 Å². The first-order valence-electron chi connectivity index (χ1n) is 10.4. The lowest BCUT2D eigenvalue weighted by Crippen LogP contribution is -2.43. The highest BCUT2D eigenvalue weighted by Crippen LogP contribution is 2.42. The second-order valence-electron chi connectivity index (χ2n) is 7.75. The number of thiazole rings is 1. The van der Waals surface area contributed by atoms with Gasteiger partial charge in [-0.3, -0.25) is 4.90 Å². The minimum Gasteiger partial charge on any atom is -0.497 e. The minimum atomic E-state index is -0.205. The number of likely N-dealkylation sites (tertiary alicyclic amines) is 1. The average Bonchev–Trinajstić information content (AvgIpc) is 3.26. The average molecular weight is 426 g/mol. The number of halogens is 1. The van der Waals surface area contributed by atoms with E-state index in [0.29, 0.717) is 17.9 Å². The van der Waals surface area contributed by atoms with Crippen LogP contribution in [0.3, 0.4) is 0 Å². The zero-order valence-electron chi connectivity index (χ0n) is 17.5. The van der Waals surface area contributed by atoms with Crippen LogP contribution in [0.5, 0.6) is 5.75 Å². The molecule has 3 aromatic rings. The van der Waals surface area contributed by atoms with Crippen molar-refractivity contribution < 1.29 is 9.13 Å². The van der Waals surface area contributed by atoms with E-state index in [0.717, 1.165) is 43.3 Å². The maximum Gasteiger partial charge on any atom is 0.182 e. The van der Waals surface area contributed by atoms with E-state index in [9.17, 15) is 4.39 Å². The predicted molar refractivity (Wildman–Crippen MR) is 121 cm³/mol. The van der Waals surface area contributed by atoms with Crippen molar-refractivity contribution >= 4 is 16.5 Å². The molecule has 0 radical (unpaired) electrons. The first-order chi connectivity index (χ1) is 14.6. The predicted octanol–water partition coefficient (Wildman–Crippen LogP) is 5.30. The molecule has 1 N–H and O–H groups in total. The smallest absolute Gasteiger partial charge is 0.182 e. The Morgan fingerprint density at radius 3 is 2.60 bits per heavy atom. The van der Waals surface area contributed by atoms with Crippen LogP contribution in [0.4, 0.5) is 9.52 Å². The Morgan fingerprint density at radius 1 is 1.17 bits per heavy atom. The quantitative estimate of drug-likeness (QED) is 0.557. The Balaban J connectivity index is 1.54. The summed E-state index contributed by atoms with van der Waals surface area (Å²) in [4.78, 5) is 7.27. The highest BCUT2D eigenvalue weighted by Gasteiger charge is 2.39. The monoisotopic (exact) mass is 425 g/mol. The Kier molecular flexibility index (Phi) is 6.35. The van der Waals surface area contributed by atoms with Gasteiger partial charge in [0.05, 0.1) is 12.8 Å². The third kappa shape index (κ3) is 4.20. The van der Waals surface area contributed by atoms with Crippen molar-refractivity contribution in [1.29, 1.82) is 0 Å². The van der Waals surface area contributed by atoms with Crippen LogP contribution >= 0.6 is 11.3 Å². The van der Waals surface area contributed by atoms with Crippen molar-refractivity contribution in [2.75, 3.05) is 32.1 Å². The molecule has 158 valence electrons. The molecule has 1 aliphatic rings. The summed E-state index contributed by atoms with van der Waals surface area (Å²) in [6.07, 6.45) is 1.92. The summed E-state index contributed by atoms with van der Waals surface area (Å²) in [6.45, 7) is 5.36. The molecule has 1 fully saturated rings. The standard InChI is InChI=1S/C24H28FN3OS/c1-3-26-23-27-22(17-30-23)24(19-7-5-4-6-8-19)11-13-28(14-12-24)16-18-9-10-20(29-2)15-21(18)25/h4-10,15,17H,3,11-14,16H2,1-2H3,(H,26,27). The van der Waals surface area contributed by atoms with Gasteiger partial charge in [0.2, 0.25) is 0 Å². The van der Waals surface area contributed by atoms with Gasteiger partial charge in [-0.05, 0) is 44.5 Å². The van der Waals surface area contributed by atoms with Gasteiger partial charge >= 0.3 is 0 Å². The summed E-state index contributed by atoms with van der Waals surface area (Å²) in [6, 6.07) is 15.8. The maximum absolute atomic E-state index is 14.4. The molecule has 4 rings (SSSR count). The van der Waals surface area contributed by atoms with Gasteiger partial charge in [0.15, 0.2) is 5.13 Å². The van der Waals surface area contributed by atoms with E-state index in [1.54, 1.807) is 18.4 Å². The lowest BCUT2D eigenvalue weighted by atomic mass is 9.70. The summed E-state index contributed by atoms with van der Waals surface area (Å²) in [5, 5.41) is 6.51. The summed E-state index contributed by atoms with van der Waals surface area (Å²) in [7, 11) is 1.56. The Morgan fingerprint density at radius 2 is 1.93 bits per heavy atom. The molecule has 4 nitrogen and oxygen atoms in total. The van der Waals surface area contributed by atoms with Crippen molar-refractivity contribution in [3.8, 4) is 5.75 Å². The number of ether oxygens (including phenoxy) is 1. The van der Waals surface area contributed by atoms with Gasteiger partial charge in [-0.1, -0.05) is 36.4 Å². The molecule has 2 aromatic carbocycles. The molecule has 1 aliphatic heterocycles. The molecule has 30 heavy (non-hydrogen) atoms. The zero-order valence-corrected chi connectivity index (χ0v) is 18.3. The van der Waals surface area contributed by atoms with Crippen molar-refractivity contribution in [1.82, 2.24) is 9.88 Å². The topological polar surface area (TPSA) is 37.4 Å². The number of hydrogen-bond acceptors (Lipinski definition) is 5. The molecule has 2 heterocycles. The fourth-order valence-corrected chi connectivity index (χ4v) is 5.17. The van der Waals surface area contributed by atoms with Crippen LogP contribution < -0.4 is 10.1 Å². The van der Waals surface area contributed by atoms with Gasteiger partial charge in [-0.2, -0.15) is 0 Å². The molecular formula is C24H28FN3OS. The highest BCUT2D eigenvalue weighted by atomic mass is 32.1. The first kappa shape index (κ1) is 20.8. The van der Waals surface area contributed by atoms with Crippen LogP contribution in [0, 0.1) is 5.82 Å². The van der Waals surface area contributed by atoms with Gasteiger partial charge in [0.25, 0.3) is 0 Å². The number of benzene rings is 2. The molecule has 0 aliphatic carbocycles. The van der Waals surface area contributed by atoms with Crippen LogP contribution in [0.25, 0.3) is 0 Å². The number of hydrogen-bond donors (Lipinski definition) is 1. The molecule has 0 spiro atoms. The lowest BCUT2D eigenvalue weighted by molar-refractivity contribution is 0.169. The largest absolute Gasteiger partial charge is 0.497 e. The van der Waals surface area contributed by atoms with Gasteiger partial charge in [-0.25, -0.2) is 9.37 Å². The SMILES string of the molecule is CCNc1nc(C2(c3ccccc3)CCN(Cc3ccc(OC)cc3F)CC2)cs1. The summed E-state index contributed by atoms with van der Waals surface area (Å²) in [5.41, 5.74) is 3.07. The van der Waals surface area contributed by atoms with Crippen molar-refractivity contribution in [2.45, 2.75) is 31.7 Å². The highest BCUT2D eigenvalue weighted by molar-refractivity contribution is 7.13. The van der Waals surface area contributed by atoms with Gasteiger partial charge in [-0.15, -0.1) is 11.3 Å². The molecule has 0 saturated carbocycles. The van der Waals surface area contributed by atoms with E-state index >= 15 is 0 Å². The number of aromatic nitrogens is 1. The number of rotatable bonds is 7. The van der Waals surface area contributed by atoms with Gasteiger partial charge in [0.1, 0.15) is 11.6 Å².